The number of ketones is 1. The maximum absolute atomic E-state index is 13.0. The molecule has 26 heavy (non-hydrogen) atoms. The number of halogens is 1. The number of hydrogen-bond acceptors (Lipinski definition) is 4. The van der Waals surface area contributed by atoms with Crippen LogP contribution in [0.25, 0.3) is 11.4 Å². The van der Waals surface area contributed by atoms with Crippen molar-refractivity contribution in [3.63, 3.8) is 0 Å². The molecule has 6 heteroatoms. The minimum Gasteiger partial charge on any atom is -0.457 e. The van der Waals surface area contributed by atoms with Gasteiger partial charge in [-0.15, -0.1) is 0 Å². The molecule has 0 radical (unpaired) electrons. The highest BCUT2D eigenvalue weighted by Gasteiger charge is 2.23. The molecule has 2 aromatic rings. The van der Waals surface area contributed by atoms with Crippen LogP contribution < -0.4 is 4.74 Å². The predicted octanol–water partition coefficient (Wildman–Crippen LogP) is 4.89. The zero-order valence-electron chi connectivity index (χ0n) is 13.9. The van der Waals surface area contributed by atoms with E-state index in [1.807, 2.05) is 43.3 Å². The van der Waals surface area contributed by atoms with Gasteiger partial charge in [0.15, 0.2) is 5.78 Å². The quantitative estimate of drug-likeness (QED) is 0.414. The molecule has 5 nitrogen and oxygen atoms in total. The molecule has 2 aromatic carbocycles. The lowest BCUT2D eigenvalue weighted by atomic mass is 9.98. The van der Waals surface area contributed by atoms with Gasteiger partial charge >= 0.3 is 0 Å². The molecule has 4 rings (SSSR count). The molecule has 0 saturated carbocycles. The number of aromatic nitrogens is 3. The summed E-state index contributed by atoms with van der Waals surface area (Å²) in [6.07, 6.45) is 2.97. The number of nitrogens with zero attached hydrogens (tertiary/aromatic N) is 2. The van der Waals surface area contributed by atoms with E-state index in [1.54, 1.807) is 12.1 Å². The summed E-state index contributed by atoms with van der Waals surface area (Å²) >= 11 is 6.15. The van der Waals surface area contributed by atoms with Crippen molar-refractivity contribution in [1.82, 2.24) is 15.0 Å². The van der Waals surface area contributed by atoms with E-state index >= 15 is 0 Å². The molecule has 128 valence electrons. The van der Waals surface area contributed by atoms with Crippen LogP contribution in [0.5, 0.6) is 11.5 Å². The molecule has 0 bridgehead atoms. The summed E-state index contributed by atoms with van der Waals surface area (Å²) in [6.45, 7) is 1.87. The molecule has 0 aliphatic carbocycles. The molecule has 0 fully saturated rings. The first-order chi connectivity index (χ1) is 12.6. The van der Waals surface area contributed by atoms with Crippen LogP contribution in [-0.2, 0) is 0 Å². The van der Waals surface area contributed by atoms with Crippen LogP contribution in [0.15, 0.2) is 61.1 Å². The van der Waals surface area contributed by atoms with Gasteiger partial charge in [-0.25, -0.2) is 9.97 Å². The van der Waals surface area contributed by atoms with Crippen molar-refractivity contribution in [2.45, 2.75) is 6.92 Å². The largest absolute Gasteiger partial charge is 0.457 e. The summed E-state index contributed by atoms with van der Waals surface area (Å²) in [7, 11) is 0. The van der Waals surface area contributed by atoms with E-state index in [-0.39, 0.29) is 10.9 Å². The fraction of sp³-hybridized carbons (Fsp3) is 0.0500. The van der Waals surface area contributed by atoms with Gasteiger partial charge in [0.05, 0.1) is 17.5 Å². The number of aromatic amines is 1. The SMILES string of the molecule is Cc1cc(Oc2ccccc2)ccc1C(=O)c1cnc2[nH]cnc(Cl)c1-2. The van der Waals surface area contributed by atoms with Crippen molar-refractivity contribution in [2.75, 3.05) is 0 Å². The topological polar surface area (TPSA) is 67.9 Å². The second-order valence-corrected chi connectivity index (χ2v) is 6.17. The average molecular weight is 364 g/mol. The second-order valence-electron chi connectivity index (χ2n) is 5.81. The smallest absolute Gasteiger partial charge is 0.195 e. The third-order valence-electron chi connectivity index (χ3n) is 4.08. The molecule has 0 aromatic heterocycles. The van der Waals surface area contributed by atoms with E-state index in [0.717, 1.165) is 11.3 Å². The van der Waals surface area contributed by atoms with Crippen molar-refractivity contribution in [3.05, 3.63) is 82.9 Å². The molecule has 0 spiro atoms. The predicted molar refractivity (Wildman–Crippen MR) is 99.1 cm³/mol. The molecule has 0 amide bonds. The Balaban J connectivity index is 1.66. The number of para-hydroxylation sites is 1. The van der Waals surface area contributed by atoms with E-state index in [4.69, 9.17) is 16.3 Å². The van der Waals surface area contributed by atoms with Crippen LogP contribution in [-0.4, -0.2) is 20.7 Å². The standard InChI is InChI=1S/C20H14ClN3O2/c1-12-9-14(26-13-5-3-2-4-6-13)7-8-15(12)18(25)16-10-22-20-17(16)19(21)23-11-24-20/h2-11H,1H3,(H,22,23,24). The van der Waals surface area contributed by atoms with Gasteiger partial charge in [-0.2, -0.15) is 0 Å². The average Bonchev–Trinajstić information content (AvgIpc) is 3.08. The summed E-state index contributed by atoms with van der Waals surface area (Å²) < 4.78 is 5.81. The molecule has 0 saturated heterocycles. The Morgan fingerprint density at radius 2 is 1.85 bits per heavy atom. The number of H-pyrrole nitrogens is 1. The van der Waals surface area contributed by atoms with E-state index in [1.165, 1.54) is 12.5 Å². The Morgan fingerprint density at radius 3 is 2.62 bits per heavy atom. The Hall–Kier alpha value is -3.18. The number of benzene rings is 2. The summed E-state index contributed by atoms with van der Waals surface area (Å²) in [5.74, 6) is 1.80. The van der Waals surface area contributed by atoms with Crippen LogP contribution in [0.4, 0.5) is 0 Å². The Labute approximate surface area is 155 Å². The van der Waals surface area contributed by atoms with Gasteiger partial charge in [0, 0.05) is 11.8 Å². The lowest BCUT2D eigenvalue weighted by molar-refractivity contribution is 0.103. The highest BCUT2D eigenvalue weighted by atomic mass is 35.5. The van der Waals surface area contributed by atoms with Crippen molar-refractivity contribution < 1.29 is 9.53 Å². The van der Waals surface area contributed by atoms with Crippen molar-refractivity contribution in [2.24, 2.45) is 0 Å². The molecule has 2 aliphatic rings. The minimum atomic E-state index is -0.153. The highest BCUT2D eigenvalue weighted by molar-refractivity contribution is 6.33. The fourth-order valence-corrected chi connectivity index (χ4v) is 3.06. The van der Waals surface area contributed by atoms with Crippen molar-refractivity contribution in [3.8, 4) is 22.9 Å². The van der Waals surface area contributed by atoms with Gasteiger partial charge in [0.1, 0.15) is 22.5 Å². The van der Waals surface area contributed by atoms with E-state index in [9.17, 15) is 4.79 Å². The summed E-state index contributed by atoms with van der Waals surface area (Å²) in [4.78, 5) is 24.1. The normalized spacial score (nSPS) is 10.8. The second kappa shape index (κ2) is 6.61. The molecule has 0 unspecified atom stereocenters. The monoisotopic (exact) mass is 363 g/mol. The molecule has 2 heterocycles. The number of carbonyl (C=O) groups is 1. The minimum absolute atomic E-state index is 0.153. The van der Waals surface area contributed by atoms with Crippen molar-refractivity contribution in [1.29, 1.82) is 0 Å². The van der Waals surface area contributed by atoms with Crippen LogP contribution in [0, 0.1) is 6.92 Å². The molecular weight excluding hydrogens is 350 g/mol. The first-order valence-corrected chi connectivity index (χ1v) is 8.37. The number of aryl methyl sites for hydroxylation is 1. The van der Waals surface area contributed by atoms with Gasteiger partial charge in [-0.05, 0) is 42.8 Å². The summed E-state index contributed by atoms with van der Waals surface area (Å²) in [5, 5.41) is 0.251. The number of rotatable bonds is 4. The Bertz CT molecular complexity index is 1060. The third-order valence-corrected chi connectivity index (χ3v) is 4.37. The number of hydrogen-bond donors (Lipinski definition) is 1. The van der Waals surface area contributed by atoms with Gasteiger partial charge < -0.3 is 9.72 Å². The Morgan fingerprint density at radius 1 is 1.04 bits per heavy atom. The number of fused-ring (bicyclic) bond motifs is 1. The number of carbonyl (C=O) groups excluding carboxylic acids is 1. The first kappa shape index (κ1) is 16.3. The van der Waals surface area contributed by atoms with Crippen LogP contribution in [0.2, 0.25) is 5.15 Å². The zero-order valence-corrected chi connectivity index (χ0v) is 14.6. The first-order valence-electron chi connectivity index (χ1n) is 7.99. The molecular formula is C20H14ClN3O2. The summed E-state index contributed by atoms with van der Waals surface area (Å²) in [6, 6.07) is 14.9. The van der Waals surface area contributed by atoms with Gasteiger partial charge in [0.25, 0.3) is 0 Å². The highest BCUT2D eigenvalue weighted by Crippen LogP contribution is 2.32. The lowest BCUT2D eigenvalue weighted by Crippen LogP contribution is -2.05. The van der Waals surface area contributed by atoms with E-state index < -0.39 is 0 Å². The van der Waals surface area contributed by atoms with Crippen LogP contribution in [0.3, 0.4) is 0 Å². The Kier molecular flexibility index (Phi) is 4.14. The van der Waals surface area contributed by atoms with Gasteiger partial charge in [0.2, 0.25) is 0 Å². The van der Waals surface area contributed by atoms with Crippen LogP contribution >= 0.6 is 11.6 Å². The molecule has 2 aliphatic heterocycles. The van der Waals surface area contributed by atoms with Gasteiger partial charge in [-0.3, -0.25) is 4.79 Å². The summed E-state index contributed by atoms with van der Waals surface area (Å²) in [5.41, 5.74) is 2.33. The maximum Gasteiger partial charge on any atom is 0.195 e. The van der Waals surface area contributed by atoms with Crippen molar-refractivity contribution >= 4 is 17.4 Å². The van der Waals surface area contributed by atoms with E-state index in [0.29, 0.717) is 28.3 Å². The van der Waals surface area contributed by atoms with Crippen LogP contribution in [0.1, 0.15) is 21.5 Å². The third kappa shape index (κ3) is 2.93. The maximum atomic E-state index is 13.0. The van der Waals surface area contributed by atoms with Gasteiger partial charge in [-0.1, -0.05) is 29.8 Å². The fourth-order valence-electron chi connectivity index (χ4n) is 2.81. The lowest BCUT2D eigenvalue weighted by Gasteiger charge is -2.10. The molecule has 0 atom stereocenters. The molecule has 1 N–H and O–H groups in total. The number of nitrogens with one attached hydrogen (secondary N) is 1. The van der Waals surface area contributed by atoms with E-state index in [2.05, 4.69) is 15.0 Å². The zero-order chi connectivity index (χ0) is 18.1. The number of ether oxygens (including phenoxy) is 1.